The van der Waals surface area contributed by atoms with Crippen LogP contribution in [0.3, 0.4) is 0 Å². The highest BCUT2D eigenvalue weighted by molar-refractivity contribution is 5.20. The normalized spacial score (nSPS) is 15.0. The molecular formula is C14H21F2N. The molecule has 17 heavy (non-hydrogen) atoms. The molecular weight excluding hydrogens is 220 g/mol. The Kier molecular flexibility index (Phi) is 5.06. The fourth-order valence-electron chi connectivity index (χ4n) is 1.73. The average molecular weight is 241 g/mol. The minimum absolute atomic E-state index is 0.0544. The summed E-state index contributed by atoms with van der Waals surface area (Å²) in [5.41, 5.74) is 0.170. The number of halogens is 2. The number of nitrogens with one attached hydrogen (secondary N) is 1. The Bertz CT molecular complexity index is 343. The summed E-state index contributed by atoms with van der Waals surface area (Å²) < 4.78 is 26.9. The van der Waals surface area contributed by atoms with Crippen LogP contribution < -0.4 is 5.32 Å². The highest BCUT2D eigenvalue weighted by atomic mass is 19.1. The van der Waals surface area contributed by atoms with Crippen molar-refractivity contribution in [3.05, 3.63) is 35.4 Å². The van der Waals surface area contributed by atoms with Crippen molar-refractivity contribution in [3.8, 4) is 0 Å². The van der Waals surface area contributed by atoms with Gasteiger partial charge in [-0.3, -0.25) is 0 Å². The molecule has 0 aromatic heterocycles. The van der Waals surface area contributed by atoms with E-state index in [2.05, 4.69) is 26.1 Å². The quantitative estimate of drug-likeness (QED) is 0.831. The summed E-state index contributed by atoms with van der Waals surface area (Å²) in [4.78, 5) is 0. The third-order valence-corrected chi connectivity index (χ3v) is 3.12. The second kappa shape index (κ2) is 6.10. The first-order valence-corrected chi connectivity index (χ1v) is 6.10. The molecule has 0 saturated carbocycles. The molecule has 0 aliphatic rings. The minimum Gasteiger partial charge on any atom is -0.311 e. The maximum absolute atomic E-state index is 13.4. The van der Waals surface area contributed by atoms with E-state index < -0.39 is 11.6 Å². The number of rotatable bonds is 5. The number of hydrogen-bond acceptors (Lipinski definition) is 1. The summed E-state index contributed by atoms with van der Waals surface area (Å²) in [6.45, 7) is 8.27. The standard InChI is InChI=1S/C14H21F2N/c1-9(2)11(4)17-10(3)8-12-13(15)6-5-7-14(12)16/h5-7,9-11,17H,8H2,1-4H3. The van der Waals surface area contributed by atoms with Crippen LogP contribution in [0.5, 0.6) is 0 Å². The summed E-state index contributed by atoms with van der Waals surface area (Å²) in [5.74, 6) is -0.422. The number of hydrogen-bond donors (Lipinski definition) is 1. The van der Waals surface area contributed by atoms with Crippen LogP contribution >= 0.6 is 0 Å². The summed E-state index contributed by atoms with van der Waals surface area (Å²) in [6.07, 6.45) is 0.371. The van der Waals surface area contributed by atoms with E-state index in [1.807, 2.05) is 6.92 Å². The molecule has 0 aliphatic carbocycles. The van der Waals surface area contributed by atoms with E-state index >= 15 is 0 Å². The summed E-state index contributed by atoms with van der Waals surface area (Å²) in [7, 11) is 0. The van der Waals surface area contributed by atoms with E-state index in [-0.39, 0.29) is 11.6 Å². The zero-order valence-corrected chi connectivity index (χ0v) is 10.9. The second-order valence-corrected chi connectivity index (χ2v) is 5.00. The first kappa shape index (κ1) is 14.1. The molecule has 0 heterocycles. The Hall–Kier alpha value is -0.960. The van der Waals surface area contributed by atoms with Gasteiger partial charge in [-0.05, 0) is 38.3 Å². The van der Waals surface area contributed by atoms with Gasteiger partial charge in [-0.15, -0.1) is 0 Å². The van der Waals surface area contributed by atoms with Crippen LogP contribution in [0.4, 0.5) is 8.78 Å². The Morgan fingerprint density at radius 1 is 1.06 bits per heavy atom. The zero-order valence-electron chi connectivity index (χ0n) is 10.9. The van der Waals surface area contributed by atoms with Crippen LogP contribution in [0.1, 0.15) is 33.3 Å². The molecule has 1 rings (SSSR count). The topological polar surface area (TPSA) is 12.0 Å². The van der Waals surface area contributed by atoms with Crippen LogP contribution in [0, 0.1) is 17.6 Å². The lowest BCUT2D eigenvalue weighted by Gasteiger charge is -2.23. The van der Waals surface area contributed by atoms with Crippen LogP contribution in [0.25, 0.3) is 0 Å². The molecule has 0 amide bonds. The minimum atomic E-state index is -0.462. The maximum atomic E-state index is 13.4. The molecule has 0 fully saturated rings. The first-order chi connectivity index (χ1) is 7.91. The monoisotopic (exact) mass is 241 g/mol. The SMILES string of the molecule is CC(Cc1c(F)cccc1F)NC(C)C(C)C. The Labute approximate surface area is 102 Å². The van der Waals surface area contributed by atoms with Crippen LogP contribution in [0.2, 0.25) is 0 Å². The van der Waals surface area contributed by atoms with Gasteiger partial charge in [0.05, 0.1) is 0 Å². The molecule has 1 N–H and O–H groups in total. The molecule has 0 aliphatic heterocycles. The van der Waals surface area contributed by atoms with Crippen molar-refractivity contribution in [1.82, 2.24) is 5.32 Å². The van der Waals surface area contributed by atoms with Gasteiger partial charge in [0.25, 0.3) is 0 Å². The van der Waals surface area contributed by atoms with Gasteiger partial charge in [-0.1, -0.05) is 19.9 Å². The molecule has 1 aromatic rings. The van der Waals surface area contributed by atoms with Crippen molar-refractivity contribution in [2.45, 2.75) is 46.2 Å². The third kappa shape index (κ3) is 4.08. The highest BCUT2D eigenvalue weighted by Gasteiger charge is 2.15. The summed E-state index contributed by atoms with van der Waals surface area (Å²) >= 11 is 0. The van der Waals surface area contributed by atoms with Crippen molar-refractivity contribution in [2.24, 2.45) is 5.92 Å². The van der Waals surface area contributed by atoms with E-state index in [0.29, 0.717) is 18.4 Å². The first-order valence-electron chi connectivity index (χ1n) is 6.10. The van der Waals surface area contributed by atoms with E-state index in [1.54, 1.807) is 0 Å². The van der Waals surface area contributed by atoms with E-state index in [0.717, 1.165) is 0 Å². The largest absolute Gasteiger partial charge is 0.311 e. The molecule has 0 bridgehead atoms. The lowest BCUT2D eigenvalue weighted by atomic mass is 10.0. The van der Waals surface area contributed by atoms with Gasteiger partial charge in [0.1, 0.15) is 11.6 Å². The highest BCUT2D eigenvalue weighted by Crippen LogP contribution is 2.14. The molecule has 96 valence electrons. The summed E-state index contributed by atoms with van der Waals surface area (Å²) in [6, 6.07) is 4.38. The molecule has 3 heteroatoms. The van der Waals surface area contributed by atoms with Crippen molar-refractivity contribution in [2.75, 3.05) is 0 Å². The molecule has 1 nitrogen and oxygen atoms in total. The van der Waals surface area contributed by atoms with Crippen molar-refractivity contribution in [3.63, 3.8) is 0 Å². The zero-order chi connectivity index (χ0) is 13.0. The fourth-order valence-corrected chi connectivity index (χ4v) is 1.73. The molecule has 1 aromatic carbocycles. The number of benzene rings is 1. The fraction of sp³-hybridized carbons (Fsp3) is 0.571. The van der Waals surface area contributed by atoms with Gasteiger partial charge in [-0.25, -0.2) is 8.78 Å². The van der Waals surface area contributed by atoms with Crippen LogP contribution in [0.15, 0.2) is 18.2 Å². The van der Waals surface area contributed by atoms with E-state index in [4.69, 9.17) is 0 Å². The van der Waals surface area contributed by atoms with Crippen LogP contribution in [-0.2, 0) is 6.42 Å². The Balaban J connectivity index is 2.65. The molecule has 2 unspecified atom stereocenters. The Morgan fingerprint density at radius 3 is 2.06 bits per heavy atom. The van der Waals surface area contributed by atoms with Gasteiger partial charge < -0.3 is 5.32 Å². The van der Waals surface area contributed by atoms with Gasteiger partial charge in [0.15, 0.2) is 0 Å². The average Bonchev–Trinajstić information content (AvgIpc) is 2.23. The smallest absolute Gasteiger partial charge is 0.129 e. The second-order valence-electron chi connectivity index (χ2n) is 5.00. The predicted molar refractivity (Wildman–Crippen MR) is 67.0 cm³/mol. The van der Waals surface area contributed by atoms with Crippen LogP contribution in [-0.4, -0.2) is 12.1 Å². The lowest BCUT2D eigenvalue weighted by molar-refractivity contribution is 0.377. The third-order valence-electron chi connectivity index (χ3n) is 3.12. The van der Waals surface area contributed by atoms with Gasteiger partial charge in [0.2, 0.25) is 0 Å². The summed E-state index contributed by atoms with van der Waals surface area (Å²) in [5, 5.41) is 3.35. The van der Waals surface area contributed by atoms with Gasteiger partial charge in [-0.2, -0.15) is 0 Å². The van der Waals surface area contributed by atoms with Crippen molar-refractivity contribution < 1.29 is 8.78 Å². The van der Waals surface area contributed by atoms with E-state index in [1.165, 1.54) is 18.2 Å². The lowest BCUT2D eigenvalue weighted by Crippen LogP contribution is -2.39. The molecule has 2 atom stereocenters. The van der Waals surface area contributed by atoms with Gasteiger partial charge >= 0.3 is 0 Å². The molecule has 0 radical (unpaired) electrons. The van der Waals surface area contributed by atoms with Crippen molar-refractivity contribution in [1.29, 1.82) is 0 Å². The van der Waals surface area contributed by atoms with Crippen molar-refractivity contribution >= 4 is 0 Å². The molecule has 0 spiro atoms. The molecule has 0 saturated heterocycles. The predicted octanol–water partition coefficient (Wildman–Crippen LogP) is 3.53. The van der Waals surface area contributed by atoms with Gasteiger partial charge in [0, 0.05) is 17.6 Å². The maximum Gasteiger partial charge on any atom is 0.129 e. The Morgan fingerprint density at radius 2 is 1.59 bits per heavy atom. The van der Waals surface area contributed by atoms with E-state index in [9.17, 15) is 8.78 Å².